The number of carboxylic acid groups (broad SMARTS) is 1. The van der Waals surface area contributed by atoms with Crippen LogP contribution in [0.4, 0.5) is 10.1 Å². The normalized spacial score (nSPS) is 13.3. The summed E-state index contributed by atoms with van der Waals surface area (Å²) in [5.41, 5.74) is 1.54. The Bertz CT molecular complexity index is 994. The number of aryl methyl sites for hydroxylation is 2. The van der Waals surface area contributed by atoms with E-state index in [9.17, 15) is 18.8 Å². The van der Waals surface area contributed by atoms with Gasteiger partial charge in [0.2, 0.25) is 0 Å². The molecule has 0 radical (unpaired) electrons. The minimum absolute atomic E-state index is 0.0532. The molecular weight excluding hydrogens is 391 g/mol. The van der Waals surface area contributed by atoms with E-state index < -0.39 is 17.7 Å². The van der Waals surface area contributed by atoms with Gasteiger partial charge in [0.15, 0.2) is 0 Å². The van der Waals surface area contributed by atoms with Crippen LogP contribution in [0.3, 0.4) is 0 Å². The maximum atomic E-state index is 14.3. The molecule has 3 rings (SSSR count). The summed E-state index contributed by atoms with van der Waals surface area (Å²) in [5, 5.41) is 11.0. The van der Waals surface area contributed by atoms with Crippen LogP contribution in [0.5, 0.6) is 11.5 Å². The third-order valence-corrected chi connectivity index (χ3v) is 5.24. The van der Waals surface area contributed by atoms with Crippen LogP contribution in [-0.2, 0) is 9.59 Å². The quantitative estimate of drug-likeness (QED) is 0.724. The molecule has 8 heteroatoms. The molecular formula is C22H23FN2O5. The van der Waals surface area contributed by atoms with E-state index in [0.717, 1.165) is 19.3 Å². The molecule has 1 aliphatic rings. The van der Waals surface area contributed by atoms with Crippen LogP contribution in [0, 0.1) is 19.7 Å². The number of halogens is 1. The van der Waals surface area contributed by atoms with Crippen molar-refractivity contribution >= 4 is 23.5 Å². The second-order valence-corrected chi connectivity index (χ2v) is 7.44. The molecule has 1 aliphatic carbocycles. The van der Waals surface area contributed by atoms with Gasteiger partial charge in [-0.15, -0.1) is 0 Å². The number of ether oxygens (including phenoxy) is 1. The second-order valence-electron chi connectivity index (χ2n) is 7.44. The number of carbonyl (C=O) groups excluding carboxylic acids is 2. The number of hydrogen-bond donors (Lipinski definition) is 2. The van der Waals surface area contributed by atoms with Crippen molar-refractivity contribution < 1.29 is 28.6 Å². The number of nitrogens with one attached hydrogen (secondary N) is 1. The standard InChI is InChI=1S/C22H23FN2O5/c1-12-9-14(24-20(26)22(28)29)10-13(2)19(12)30-16-7-8-18(23)17(11-16)21(27)25(3)15-5-4-6-15/h7-11,15H,4-6H2,1-3H3,(H,24,26)(H,28,29). The number of benzene rings is 2. The summed E-state index contributed by atoms with van der Waals surface area (Å²) in [6, 6.07) is 7.30. The van der Waals surface area contributed by atoms with Crippen molar-refractivity contribution in [3.05, 3.63) is 52.8 Å². The maximum absolute atomic E-state index is 14.3. The van der Waals surface area contributed by atoms with E-state index in [0.29, 0.717) is 28.3 Å². The lowest BCUT2D eigenvalue weighted by Crippen LogP contribution is -2.41. The van der Waals surface area contributed by atoms with Gasteiger partial charge in [0.25, 0.3) is 5.91 Å². The van der Waals surface area contributed by atoms with Gasteiger partial charge < -0.3 is 20.1 Å². The number of hydrogen-bond acceptors (Lipinski definition) is 4. The molecule has 2 N–H and O–H groups in total. The zero-order valence-corrected chi connectivity index (χ0v) is 17.0. The number of aliphatic carboxylic acids is 1. The highest BCUT2D eigenvalue weighted by Gasteiger charge is 2.28. The van der Waals surface area contributed by atoms with Crippen molar-refractivity contribution in [2.75, 3.05) is 12.4 Å². The van der Waals surface area contributed by atoms with Gasteiger partial charge in [-0.2, -0.15) is 0 Å². The van der Waals surface area contributed by atoms with Crippen molar-refractivity contribution in [3.63, 3.8) is 0 Å². The highest BCUT2D eigenvalue weighted by Crippen LogP contribution is 2.33. The smallest absolute Gasteiger partial charge is 0.394 e. The van der Waals surface area contributed by atoms with Crippen molar-refractivity contribution in [2.45, 2.75) is 39.2 Å². The minimum Gasteiger partial charge on any atom is -0.474 e. The van der Waals surface area contributed by atoms with Gasteiger partial charge in [-0.1, -0.05) is 0 Å². The molecule has 0 heterocycles. The van der Waals surface area contributed by atoms with Gasteiger partial charge >= 0.3 is 11.9 Å². The summed E-state index contributed by atoms with van der Waals surface area (Å²) in [7, 11) is 1.68. The van der Waals surface area contributed by atoms with E-state index >= 15 is 0 Å². The molecule has 0 spiro atoms. The van der Waals surface area contributed by atoms with Crippen LogP contribution in [-0.4, -0.2) is 40.9 Å². The predicted molar refractivity (Wildman–Crippen MR) is 108 cm³/mol. The topological polar surface area (TPSA) is 95.9 Å². The van der Waals surface area contributed by atoms with Crippen LogP contribution >= 0.6 is 0 Å². The number of nitrogens with zero attached hydrogens (tertiary/aromatic N) is 1. The summed E-state index contributed by atoms with van der Waals surface area (Å²) in [6.45, 7) is 3.47. The molecule has 0 bridgehead atoms. The van der Waals surface area contributed by atoms with Gasteiger partial charge in [0, 0.05) is 18.8 Å². The summed E-state index contributed by atoms with van der Waals surface area (Å²) in [6.07, 6.45) is 2.90. The van der Waals surface area contributed by atoms with E-state index in [-0.39, 0.29) is 17.5 Å². The molecule has 2 aromatic carbocycles. The largest absolute Gasteiger partial charge is 0.474 e. The van der Waals surface area contributed by atoms with Gasteiger partial charge in [-0.05, 0) is 74.6 Å². The lowest BCUT2D eigenvalue weighted by atomic mass is 9.91. The number of carbonyl (C=O) groups is 3. The molecule has 7 nitrogen and oxygen atoms in total. The molecule has 158 valence electrons. The Morgan fingerprint density at radius 2 is 1.77 bits per heavy atom. The van der Waals surface area contributed by atoms with Crippen molar-refractivity contribution in [1.29, 1.82) is 0 Å². The molecule has 0 aliphatic heterocycles. The average Bonchev–Trinajstić information content (AvgIpc) is 2.63. The highest BCUT2D eigenvalue weighted by molar-refractivity contribution is 6.36. The minimum atomic E-state index is -1.58. The van der Waals surface area contributed by atoms with Crippen LogP contribution in [0.2, 0.25) is 0 Å². The van der Waals surface area contributed by atoms with Gasteiger partial charge in [-0.25, -0.2) is 9.18 Å². The number of carboxylic acids is 1. The second kappa shape index (κ2) is 8.52. The molecule has 1 fully saturated rings. The van der Waals surface area contributed by atoms with Crippen LogP contribution < -0.4 is 10.1 Å². The Morgan fingerprint density at radius 3 is 2.30 bits per heavy atom. The highest BCUT2D eigenvalue weighted by atomic mass is 19.1. The Kier molecular flexibility index (Phi) is 6.05. The fourth-order valence-corrected chi connectivity index (χ4v) is 3.35. The first kappa shape index (κ1) is 21.3. The summed E-state index contributed by atoms with van der Waals surface area (Å²) in [5.74, 6) is -2.95. The first-order valence-corrected chi connectivity index (χ1v) is 9.57. The average molecular weight is 414 g/mol. The van der Waals surface area contributed by atoms with E-state index in [1.54, 1.807) is 37.9 Å². The van der Waals surface area contributed by atoms with E-state index in [4.69, 9.17) is 9.84 Å². The van der Waals surface area contributed by atoms with Gasteiger partial charge in [0.1, 0.15) is 17.3 Å². The monoisotopic (exact) mass is 414 g/mol. The van der Waals surface area contributed by atoms with Gasteiger partial charge in [-0.3, -0.25) is 9.59 Å². The number of amides is 2. The van der Waals surface area contributed by atoms with E-state index in [2.05, 4.69) is 5.32 Å². The van der Waals surface area contributed by atoms with Crippen LogP contribution in [0.1, 0.15) is 40.7 Å². The van der Waals surface area contributed by atoms with Crippen LogP contribution in [0.25, 0.3) is 0 Å². The summed E-state index contributed by atoms with van der Waals surface area (Å²) < 4.78 is 20.2. The fourth-order valence-electron chi connectivity index (χ4n) is 3.35. The SMILES string of the molecule is Cc1cc(NC(=O)C(=O)O)cc(C)c1Oc1ccc(F)c(C(=O)N(C)C2CCC2)c1. The molecule has 1 saturated carbocycles. The first-order chi connectivity index (χ1) is 14.2. The van der Waals surface area contributed by atoms with E-state index in [1.807, 2.05) is 0 Å². The fraction of sp³-hybridized carbons (Fsp3) is 0.318. The molecule has 0 aromatic heterocycles. The molecule has 0 unspecified atom stereocenters. The van der Waals surface area contributed by atoms with Crippen molar-refractivity contribution in [3.8, 4) is 11.5 Å². The third-order valence-electron chi connectivity index (χ3n) is 5.24. The zero-order valence-electron chi connectivity index (χ0n) is 17.0. The Morgan fingerprint density at radius 1 is 1.13 bits per heavy atom. The van der Waals surface area contributed by atoms with Crippen molar-refractivity contribution in [1.82, 2.24) is 4.90 Å². The number of anilines is 1. The van der Waals surface area contributed by atoms with E-state index in [1.165, 1.54) is 18.2 Å². The zero-order chi connectivity index (χ0) is 22.0. The maximum Gasteiger partial charge on any atom is 0.394 e. The number of rotatable bonds is 5. The Hall–Kier alpha value is -3.42. The summed E-state index contributed by atoms with van der Waals surface area (Å²) in [4.78, 5) is 36.3. The van der Waals surface area contributed by atoms with Crippen LogP contribution in [0.15, 0.2) is 30.3 Å². The van der Waals surface area contributed by atoms with Crippen molar-refractivity contribution in [2.24, 2.45) is 0 Å². The first-order valence-electron chi connectivity index (χ1n) is 9.57. The molecule has 30 heavy (non-hydrogen) atoms. The Balaban J connectivity index is 1.83. The molecule has 2 amide bonds. The molecule has 2 aromatic rings. The van der Waals surface area contributed by atoms with Gasteiger partial charge in [0.05, 0.1) is 5.56 Å². The summed E-state index contributed by atoms with van der Waals surface area (Å²) >= 11 is 0. The molecule has 0 saturated heterocycles. The Labute approximate surface area is 173 Å². The third kappa shape index (κ3) is 4.42. The predicted octanol–water partition coefficient (Wildman–Crippen LogP) is 3.88. The lowest BCUT2D eigenvalue weighted by Gasteiger charge is -2.34. The molecule has 0 atom stereocenters. The lowest BCUT2D eigenvalue weighted by molar-refractivity contribution is -0.147.